The van der Waals surface area contributed by atoms with Crippen molar-refractivity contribution in [2.75, 3.05) is 46.9 Å². The number of nitrogens with one attached hydrogen (secondary N) is 1. The number of allylic oxidation sites excluding steroid dienone is 1. The fraction of sp³-hybridized carbons (Fsp3) is 0.812. The maximum atomic E-state index is 11.9. The number of hydrogen-bond acceptors (Lipinski definition) is 6. The van der Waals surface area contributed by atoms with Crippen LogP contribution in [0.5, 0.6) is 0 Å². The molecule has 0 unspecified atom stereocenters. The maximum Gasteiger partial charge on any atom is 0.306 e. The van der Waals surface area contributed by atoms with Crippen LogP contribution < -0.4 is 5.32 Å². The number of carbonyl (C=O) groups excluding carboxylic acids is 1. The first-order valence-electron chi connectivity index (χ1n) is 16.0. The molecular formula is C32H59N5O4. The second-order valence-corrected chi connectivity index (χ2v) is 11.0. The third-order valence-corrected chi connectivity index (χ3v) is 6.94. The number of carbonyl (C=O) groups is 2. The van der Waals surface area contributed by atoms with Crippen molar-refractivity contribution in [3.05, 3.63) is 12.2 Å². The number of carboxylic acids is 1. The second kappa shape index (κ2) is 28.9. The molecule has 0 aromatic rings. The van der Waals surface area contributed by atoms with Gasteiger partial charge in [0.1, 0.15) is 6.61 Å². The lowest BCUT2D eigenvalue weighted by Crippen LogP contribution is -2.34. The Morgan fingerprint density at radius 2 is 1.41 bits per heavy atom. The average Bonchev–Trinajstić information content (AvgIpc) is 2.94. The molecule has 2 N–H and O–H groups in total. The first kappa shape index (κ1) is 38.4. The summed E-state index contributed by atoms with van der Waals surface area (Å²) in [4.78, 5) is 31.4. The molecule has 41 heavy (non-hydrogen) atoms. The van der Waals surface area contributed by atoms with Gasteiger partial charge in [0.25, 0.3) is 0 Å². The highest BCUT2D eigenvalue weighted by Gasteiger charge is 2.07. The van der Waals surface area contributed by atoms with Crippen molar-refractivity contribution in [3.8, 4) is 6.19 Å². The van der Waals surface area contributed by atoms with E-state index in [-0.39, 0.29) is 12.4 Å². The molecule has 0 bridgehead atoms. The fourth-order valence-electron chi connectivity index (χ4n) is 4.52. The predicted molar refractivity (Wildman–Crippen MR) is 168 cm³/mol. The molecule has 0 aliphatic rings. The number of hydrogen-bond donors (Lipinski definition) is 2. The third kappa shape index (κ3) is 27.3. The lowest BCUT2D eigenvalue weighted by atomic mass is 10.1. The fourth-order valence-corrected chi connectivity index (χ4v) is 4.52. The number of esters is 1. The zero-order chi connectivity index (χ0) is 30.4. The number of carboxylic acid groups (broad SMARTS) is 1. The van der Waals surface area contributed by atoms with Crippen LogP contribution >= 0.6 is 0 Å². The third-order valence-electron chi connectivity index (χ3n) is 6.94. The van der Waals surface area contributed by atoms with Crippen LogP contribution in [0, 0.1) is 11.5 Å². The normalized spacial score (nSPS) is 11.6. The van der Waals surface area contributed by atoms with Gasteiger partial charge in [-0.1, -0.05) is 76.9 Å². The van der Waals surface area contributed by atoms with Gasteiger partial charge < -0.3 is 19.6 Å². The summed E-state index contributed by atoms with van der Waals surface area (Å²) in [5.74, 6) is -0.226. The van der Waals surface area contributed by atoms with Gasteiger partial charge in [-0.25, -0.2) is 0 Å². The molecule has 0 aliphatic heterocycles. The Bertz CT molecular complexity index is 749. The molecule has 0 rings (SSSR count). The summed E-state index contributed by atoms with van der Waals surface area (Å²) in [6, 6.07) is 0. The molecule has 9 heteroatoms. The number of nitriles is 1. The SMILES string of the molecule is CCCCCC/C=C\COC(=O)CCCCCCCN(CCCCCCCC(=O)O)CCCN=C(NC#N)N(C)C. The highest BCUT2D eigenvalue weighted by molar-refractivity contribution is 5.80. The molecule has 0 amide bonds. The summed E-state index contributed by atoms with van der Waals surface area (Å²) < 4.78 is 5.31. The van der Waals surface area contributed by atoms with Crippen LogP contribution in [0.25, 0.3) is 0 Å². The number of nitrogens with zero attached hydrogens (tertiary/aromatic N) is 4. The predicted octanol–water partition coefficient (Wildman–Crippen LogP) is 6.50. The van der Waals surface area contributed by atoms with E-state index >= 15 is 0 Å². The summed E-state index contributed by atoms with van der Waals surface area (Å²) in [6.45, 7) is 6.32. The maximum absolute atomic E-state index is 11.9. The van der Waals surface area contributed by atoms with E-state index in [1.807, 2.05) is 26.4 Å². The Balaban J connectivity index is 4.17. The van der Waals surface area contributed by atoms with Crippen LogP contribution in [0.1, 0.15) is 122 Å². The molecular weight excluding hydrogens is 518 g/mol. The number of guanidine groups is 1. The largest absolute Gasteiger partial charge is 0.481 e. The van der Waals surface area contributed by atoms with Gasteiger partial charge in [0.15, 0.2) is 6.19 Å². The lowest BCUT2D eigenvalue weighted by molar-refractivity contribution is -0.142. The minimum atomic E-state index is -0.711. The van der Waals surface area contributed by atoms with E-state index in [0.717, 1.165) is 96.7 Å². The van der Waals surface area contributed by atoms with Crippen LogP contribution in [0.15, 0.2) is 17.1 Å². The van der Waals surface area contributed by atoms with Gasteiger partial charge in [0.2, 0.25) is 5.96 Å². The molecule has 236 valence electrons. The highest BCUT2D eigenvalue weighted by atomic mass is 16.5. The Morgan fingerprint density at radius 3 is 2.02 bits per heavy atom. The van der Waals surface area contributed by atoms with Crippen LogP contribution in [-0.2, 0) is 14.3 Å². The van der Waals surface area contributed by atoms with Crippen LogP contribution in [0.3, 0.4) is 0 Å². The van der Waals surface area contributed by atoms with Crippen LogP contribution in [0.2, 0.25) is 0 Å². The molecule has 0 spiro atoms. The van der Waals surface area contributed by atoms with E-state index in [9.17, 15) is 9.59 Å². The highest BCUT2D eigenvalue weighted by Crippen LogP contribution is 2.10. The van der Waals surface area contributed by atoms with E-state index in [1.165, 1.54) is 25.7 Å². The quantitative estimate of drug-likeness (QED) is 0.0216. The van der Waals surface area contributed by atoms with E-state index < -0.39 is 5.97 Å². The van der Waals surface area contributed by atoms with Crippen molar-refractivity contribution in [2.24, 2.45) is 4.99 Å². The number of unbranched alkanes of at least 4 members (excludes halogenated alkanes) is 12. The molecule has 0 atom stereocenters. The van der Waals surface area contributed by atoms with Crippen molar-refractivity contribution in [3.63, 3.8) is 0 Å². The van der Waals surface area contributed by atoms with Crippen molar-refractivity contribution in [2.45, 2.75) is 122 Å². The van der Waals surface area contributed by atoms with Crippen molar-refractivity contribution in [1.29, 1.82) is 5.26 Å². The van der Waals surface area contributed by atoms with E-state index in [2.05, 4.69) is 28.2 Å². The zero-order valence-corrected chi connectivity index (χ0v) is 26.4. The Labute approximate surface area is 250 Å². The molecule has 0 saturated carbocycles. The molecule has 0 radical (unpaired) electrons. The molecule has 0 heterocycles. The van der Waals surface area contributed by atoms with Gasteiger partial charge >= 0.3 is 11.9 Å². The molecule has 0 aromatic heterocycles. The van der Waals surface area contributed by atoms with Gasteiger partial charge in [-0.3, -0.25) is 19.9 Å². The molecule has 0 aromatic carbocycles. The van der Waals surface area contributed by atoms with Gasteiger partial charge in [-0.2, -0.15) is 5.26 Å². The second-order valence-electron chi connectivity index (χ2n) is 11.0. The molecule has 0 saturated heterocycles. The number of aliphatic imine (C=N–C) groups is 1. The minimum absolute atomic E-state index is 0.0974. The summed E-state index contributed by atoms with van der Waals surface area (Å²) in [6.07, 6.45) is 24.2. The lowest BCUT2D eigenvalue weighted by Gasteiger charge is -2.22. The monoisotopic (exact) mass is 577 g/mol. The smallest absolute Gasteiger partial charge is 0.306 e. The van der Waals surface area contributed by atoms with Crippen molar-refractivity contribution < 1.29 is 19.4 Å². The number of aliphatic carboxylic acids is 1. The van der Waals surface area contributed by atoms with Gasteiger partial charge in [0, 0.05) is 33.5 Å². The molecule has 9 nitrogen and oxygen atoms in total. The van der Waals surface area contributed by atoms with E-state index in [4.69, 9.17) is 15.1 Å². The Hall–Kier alpha value is -2.60. The summed E-state index contributed by atoms with van der Waals surface area (Å²) in [7, 11) is 3.73. The standard InChI is InChI=1S/C32H59N5O4/c1-4-5-6-7-8-15-20-28-41-31(40)23-17-12-10-14-19-26-37(25-18-13-9-11-16-22-30(38)39)27-21-24-34-32(35-29-33)36(2)3/h15,20H,4-14,16-19,21-28H2,1-3H3,(H,34,35)(H,38,39)/b20-15-. The molecule has 0 aliphatic carbocycles. The van der Waals surface area contributed by atoms with Crippen molar-refractivity contribution >= 4 is 17.9 Å². The Kier molecular flexibility index (Phi) is 27.1. The van der Waals surface area contributed by atoms with E-state index in [0.29, 0.717) is 25.5 Å². The minimum Gasteiger partial charge on any atom is -0.481 e. The topological polar surface area (TPSA) is 118 Å². The van der Waals surface area contributed by atoms with Crippen LogP contribution in [0.4, 0.5) is 0 Å². The van der Waals surface area contributed by atoms with E-state index in [1.54, 1.807) is 4.90 Å². The summed E-state index contributed by atoms with van der Waals surface area (Å²) >= 11 is 0. The zero-order valence-electron chi connectivity index (χ0n) is 26.4. The molecule has 0 fully saturated rings. The first-order valence-corrected chi connectivity index (χ1v) is 16.0. The van der Waals surface area contributed by atoms with Gasteiger partial charge in [-0.05, 0) is 64.6 Å². The number of ether oxygens (including phenoxy) is 1. The van der Waals surface area contributed by atoms with Gasteiger partial charge in [0.05, 0.1) is 0 Å². The van der Waals surface area contributed by atoms with Crippen molar-refractivity contribution in [1.82, 2.24) is 15.1 Å². The first-order chi connectivity index (χ1) is 19.9. The van der Waals surface area contributed by atoms with Gasteiger partial charge in [-0.15, -0.1) is 0 Å². The number of rotatable bonds is 27. The Morgan fingerprint density at radius 1 is 0.829 bits per heavy atom. The summed E-state index contributed by atoms with van der Waals surface area (Å²) in [5.41, 5.74) is 0. The average molecular weight is 578 g/mol. The summed E-state index contributed by atoms with van der Waals surface area (Å²) in [5, 5.41) is 20.3. The van der Waals surface area contributed by atoms with Crippen LogP contribution in [-0.4, -0.2) is 79.7 Å².